The molecule has 0 spiro atoms. The summed E-state index contributed by atoms with van der Waals surface area (Å²) in [6.07, 6.45) is 3.68. The second-order valence-electron chi connectivity index (χ2n) is 9.97. The Bertz CT molecular complexity index is 1180. The van der Waals surface area contributed by atoms with Crippen molar-refractivity contribution < 1.29 is 27.8 Å². The normalized spacial score (nSPS) is 23.2. The Kier molecular flexibility index (Phi) is 9.41. The van der Waals surface area contributed by atoms with E-state index < -0.39 is 11.7 Å². The molecular weight excluding hydrogens is 477 g/mol. The summed E-state index contributed by atoms with van der Waals surface area (Å²) < 4.78 is 47.4. The van der Waals surface area contributed by atoms with Crippen molar-refractivity contribution in [3.63, 3.8) is 0 Å². The standard InChI is InChI=1S/C30H33F3O.CH2O2/c1-5-23-14-19(2)15-25(23)16-21(4)34-18-22-11-13-24-12-10-20(3)29(27(24)17-22)26-8-6-7-9-28(26)30(31,32)33;2-1-3/h5-9,11,13,16-17,19-20,29H,4,10,12,14-15,18H2,1-3H3;1H,(H,2,3)/b23-5-,25-16-;. The molecule has 0 amide bonds. The Morgan fingerprint density at radius 1 is 1.11 bits per heavy atom. The summed E-state index contributed by atoms with van der Waals surface area (Å²) in [4.78, 5) is 8.36. The van der Waals surface area contributed by atoms with E-state index in [0.29, 0.717) is 23.8 Å². The van der Waals surface area contributed by atoms with Gasteiger partial charge < -0.3 is 9.84 Å². The van der Waals surface area contributed by atoms with Gasteiger partial charge in [0.05, 0.1) is 5.56 Å². The molecule has 2 aromatic rings. The minimum atomic E-state index is -4.37. The van der Waals surface area contributed by atoms with Crippen LogP contribution in [0.2, 0.25) is 0 Å². The van der Waals surface area contributed by atoms with Gasteiger partial charge in [0.15, 0.2) is 0 Å². The van der Waals surface area contributed by atoms with Gasteiger partial charge in [-0.05, 0) is 90.0 Å². The maximum atomic E-state index is 13.8. The number of allylic oxidation sites excluding steroid dienone is 4. The van der Waals surface area contributed by atoms with Gasteiger partial charge in [-0.25, -0.2) is 0 Å². The third kappa shape index (κ3) is 6.94. The van der Waals surface area contributed by atoms with Gasteiger partial charge in [0, 0.05) is 5.92 Å². The zero-order chi connectivity index (χ0) is 27.2. The summed E-state index contributed by atoms with van der Waals surface area (Å²) in [6.45, 7) is 10.5. The molecule has 0 heterocycles. The van der Waals surface area contributed by atoms with Gasteiger partial charge in [0.1, 0.15) is 12.4 Å². The van der Waals surface area contributed by atoms with Crippen LogP contribution >= 0.6 is 0 Å². The number of rotatable bonds is 5. The van der Waals surface area contributed by atoms with Crippen LogP contribution in [0.15, 0.2) is 78.1 Å². The van der Waals surface area contributed by atoms with Gasteiger partial charge in [-0.3, -0.25) is 4.79 Å². The molecule has 198 valence electrons. The number of hydrogen-bond donors (Lipinski definition) is 1. The van der Waals surface area contributed by atoms with E-state index in [1.807, 2.05) is 18.2 Å². The molecule has 37 heavy (non-hydrogen) atoms. The van der Waals surface area contributed by atoms with Gasteiger partial charge in [-0.2, -0.15) is 13.2 Å². The molecule has 2 aliphatic rings. The first-order chi connectivity index (χ1) is 17.6. The van der Waals surface area contributed by atoms with Crippen molar-refractivity contribution in [2.45, 2.75) is 65.2 Å². The Hall–Kier alpha value is -3.28. The van der Waals surface area contributed by atoms with Crippen molar-refractivity contribution in [1.29, 1.82) is 0 Å². The fourth-order valence-corrected chi connectivity index (χ4v) is 5.56. The molecule has 0 bridgehead atoms. The van der Waals surface area contributed by atoms with Crippen LogP contribution in [-0.2, 0) is 28.7 Å². The van der Waals surface area contributed by atoms with E-state index in [1.54, 1.807) is 12.1 Å². The predicted octanol–water partition coefficient (Wildman–Crippen LogP) is 8.45. The van der Waals surface area contributed by atoms with Crippen LogP contribution < -0.4 is 0 Å². The van der Waals surface area contributed by atoms with E-state index in [2.05, 4.69) is 39.5 Å². The largest absolute Gasteiger partial charge is 0.490 e. The van der Waals surface area contributed by atoms with Gasteiger partial charge in [-0.1, -0.05) is 62.9 Å². The monoisotopic (exact) mass is 512 g/mol. The second kappa shape index (κ2) is 12.3. The zero-order valence-electron chi connectivity index (χ0n) is 21.6. The number of alkyl halides is 3. The third-order valence-corrected chi connectivity index (χ3v) is 7.24. The van der Waals surface area contributed by atoms with Crippen molar-refractivity contribution in [1.82, 2.24) is 0 Å². The molecule has 1 fully saturated rings. The molecule has 2 aliphatic carbocycles. The van der Waals surface area contributed by atoms with Crippen LogP contribution in [-0.4, -0.2) is 11.6 Å². The molecule has 4 rings (SSSR count). The average Bonchev–Trinajstić information content (AvgIpc) is 3.21. The lowest BCUT2D eigenvalue weighted by atomic mass is 9.71. The van der Waals surface area contributed by atoms with Crippen molar-refractivity contribution in [3.05, 3.63) is 106 Å². The molecule has 0 radical (unpaired) electrons. The molecule has 0 aliphatic heterocycles. The van der Waals surface area contributed by atoms with Gasteiger partial charge >= 0.3 is 6.18 Å². The number of carbonyl (C=O) groups is 1. The number of carboxylic acid groups (broad SMARTS) is 1. The number of halogens is 3. The van der Waals surface area contributed by atoms with Crippen molar-refractivity contribution >= 4 is 6.47 Å². The molecule has 0 saturated heterocycles. The topological polar surface area (TPSA) is 46.5 Å². The van der Waals surface area contributed by atoms with Gasteiger partial charge in [0.2, 0.25) is 0 Å². The summed E-state index contributed by atoms with van der Waals surface area (Å²) in [7, 11) is 0. The number of hydrogen-bond acceptors (Lipinski definition) is 2. The van der Waals surface area contributed by atoms with E-state index >= 15 is 0 Å². The SMILES string of the molecule is C=C(/C=C1/CC(C)C/C1=C/C)OCc1ccc2c(c1)C(c1ccccc1C(F)(F)F)C(C)CC2.O=CO. The van der Waals surface area contributed by atoms with Crippen LogP contribution in [0.25, 0.3) is 0 Å². The molecule has 3 unspecified atom stereocenters. The first kappa shape index (κ1) is 28.3. The predicted molar refractivity (Wildman–Crippen MR) is 140 cm³/mol. The molecule has 1 N–H and O–H groups in total. The van der Waals surface area contributed by atoms with E-state index in [1.165, 1.54) is 23.3 Å². The summed E-state index contributed by atoms with van der Waals surface area (Å²) >= 11 is 0. The molecule has 6 heteroatoms. The second-order valence-corrected chi connectivity index (χ2v) is 9.97. The summed E-state index contributed by atoms with van der Waals surface area (Å²) in [6, 6.07) is 12.1. The van der Waals surface area contributed by atoms with Crippen LogP contribution in [0.5, 0.6) is 0 Å². The highest BCUT2D eigenvalue weighted by Gasteiger charge is 2.38. The van der Waals surface area contributed by atoms with E-state index in [4.69, 9.17) is 14.6 Å². The third-order valence-electron chi connectivity index (χ3n) is 7.24. The smallest absolute Gasteiger partial charge is 0.416 e. The maximum absolute atomic E-state index is 13.8. The Morgan fingerprint density at radius 2 is 1.78 bits per heavy atom. The number of ether oxygens (including phenoxy) is 1. The van der Waals surface area contributed by atoms with E-state index in [-0.39, 0.29) is 18.3 Å². The lowest BCUT2D eigenvalue weighted by Gasteiger charge is -2.34. The molecule has 3 nitrogen and oxygen atoms in total. The summed E-state index contributed by atoms with van der Waals surface area (Å²) in [5.41, 5.74) is 5.53. The fourth-order valence-electron chi connectivity index (χ4n) is 5.56. The van der Waals surface area contributed by atoms with Crippen molar-refractivity contribution in [2.75, 3.05) is 0 Å². The van der Waals surface area contributed by atoms with Crippen LogP contribution in [0.1, 0.15) is 73.8 Å². The average molecular weight is 513 g/mol. The first-order valence-electron chi connectivity index (χ1n) is 12.6. The Balaban J connectivity index is 0.00000121. The van der Waals surface area contributed by atoms with Gasteiger partial charge in [0.25, 0.3) is 6.47 Å². The lowest BCUT2D eigenvalue weighted by Crippen LogP contribution is -2.23. The highest BCUT2D eigenvalue weighted by atomic mass is 19.4. The highest BCUT2D eigenvalue weighted by Crippen LogP contribution is 2.45. The minimum Gasteiger partial charge on any atom is -0.490 e. The molecule has 1 saturated carbocycles. The van der Waals surface area contributed by atoms with Crippen molar-refractivity contribution in [3.8, 4) is 0 Å². The van der Waals surface area contributed by atoms with E-state index in [0.717, 1.165) is 42.4 Å². The quantitative estimate of drug-likeness (QED) is 0.323. The number of fused-ring (bicyclic) bond motifs is 1. The van der Waals surface area contributed by atoms with Crippen LogP contribution in [0, 0.1) is 11.8 Å². The highest BCUT2D eigenvalue weighted by molar-refractivity contribution is 5.46. The van der Waals surface area contributed by atoms with Crippen LogP contribution in [0.4, 0.5) is 13.2 Å². The minimum absolute atomic E-state index is 0.121. The molecule has 3 atom stereocenters. The summed E-state index contributed by atoms with van der Waals surface area (Å²) in [5, 5.41) is 6.89. The molecule has 2 aromatic carbocycles. The Morgan fingerprint density at radius 3 is 2.46 bits per heavy atom. The van der Waals surface area contributed by atoms with Crippen LogP contribution in [0.3, 0.4) is 0 Å². The van der Waals surface area contributed by atoms with Crippen molar-refractivity contribution in [2.24, 2.45) is 11.8 Å². The fraction of sp³-hybridized carbons (Fsp3) is 0.387. The lowest BCUT2D eigenvalue weighted by molar-refractivity contribution is -0.138. The van der Waals surface area contributed by atoms with Gasteiger partial charge in [-0.15, -0.1) is 0 Å². The zero-order valence-corrected chi connectivity index (χ0v) is 21.6. The summed E-state index contributed by atoms with van der Waals surface area (Å²) in [5.74, 6) is 1.08. The first-order valence-corrected chi connectivity index (χ1v) is 12.6. The molecular formula is C31H35F3O3. The molecule has 0 aromatic heterocycles. The Labute approximate surface area is 217 Å². The maximum Gasteiger partial charge on any atom is 0.416 e. The number of benzene rings is 2. The van der Waals surface area contributed by atoms with E-state index in [9.17, 15) is 13.2 Å². The number of aryl methyl sites for hydroxylation is 1.